The molecular formula is C15H20ClN3O3. The minimum Gasteiger partial charge on any atom is -0.507 e. The van der Waals surface area contributed by atoms with Crippen LogP contribution in [0.4, 0.5) is 0 Å². The van der Waals surface area contributed by atoms with Crippen LogP contribution in [0.5, 0.6) is 11.5 Å². The lowest BCUT2D eigenvalue weighted by atomic mass is 9.84. The van der Waals surface area contributed by atoms with E-state index >= 15 is 0 Å². The second kappa shape index (κ2) is 6.54. The number of hydrogen-bond donors (Lipinski definition) is 3. The normalized spacial score (nSPS) is 14.2. The van der Waals surface area contributed by atoms with Crippen LogP contribution >= 0.6 is 11.6 Å². The molecule has 0 radical (unpaired) electrons. The molecule has 0 unspecified atom stereocenters. The van der Waals surface area contributed by atoms with Gasteiger partial charge in [-0.2, -0.15) is 5.10 Å². The van der Waals surface area contributed by atoms with E-state index in [0.29, 0.717) is 24.9 Å². The molecule has 7 heteroatoms. The number of halogens is 1. The summed E-state index contributed by atoms with van der Waals surface area (Å²) in [4.78, 5) is 3.87. The highest BCUT2D eigenvalue weighted by atomic mass is 35.5. The predicted molar refractivity (Wildman–Crippen MR) is 82.9 cm³/mol. The van der Waals surface area contributed by atoms with Crippen LogP contribution in [-0.4, -0.2) is 35.7 Å². The monoisotopic (exact) mass is 325 g/mol. The van der Waals surface area contributed by atoms with E-state index in [0.717, 1.165) is 0 Å². The summed E-state index contributed by atoms with van der Waals surface area (Å²) in [5, 5.41) is 35.0. The third-order valence-corrected chi connectivity index (χ3v) is 4.17. The summed E-state index contributed by atoms with van der Waals surface area (Å²) in [6.07, 6.45) is 3.63. The molecule has 6 nitrogen and oxygen atoms in total. The molecule has 1 atom stereocenters. The molecule has 22 heavy (non-hydrogen) atoms. The summed E-state index contributed by atoms with van der Waals surface area (Å²) in [6.45, 7) is 4.12. The first kappa shape index (κ1) is 16.6. The number of benzene rings is 1. The van der Waals surface area contributed by atoms with E-state index in [1.165, 1.54) is 18.5 Å². The van der Waals surface area contributed by atoms with Gasteiger partial charge in [-0.05, 0) is 30.9 Å². The van der Waals surface area contributed by atoms with Gasteiger partial charge >= 0.3 is 0 Å². The van der Waals surface area contributed by atoms with Gasteiger partial charge in [0.1, 0.15) is 24.2 Å². The van der Waals surface area contributed by atoms with Crippen LogP contribution < -0.4 is 0 Å². The van der Waals surface area contributed by atoms with Gasteiger partial charge in [0.25, 0.3) is 0 Å². The molecule has 120 valence electrons. The zero-order valence-electron chi connectivity index (χ0n) is 12.6. The molecule has 0 aliphatic carbocycles. The van der Waals surface area contributed by atoms with Gasteiger partial charge in [-0.1, -0.05) is 25.4 Å². The Labute approximate surface area is 134 Å². The van der Waals surface area contributed by atoms with Crippen molar-refractivity contribution in [2.24, 2.45) is 5.92 Å². The smallest absolute Gasteiger partial charge is 0.137 e. The van der Waals surface area contributed by atoms with Gasteiger partial charge in [0, 0.05) is 10.6 Å². The number of aromatic hydroxyl groups is 2. The first-order valence-electron chi connectivity index (χ1n) is 7.07. The van der Waals surface area contributed by atoms with Crippen molar-refractivity contribution in [3.05, 3.63) is 35.4 Å². The minimum absolute atomic E-state index is 0.0340. The van der Waals surface area contributed by atoms with E-state index in [-0.39, 0.29) is 22.4 Å². The van der Waals surface area contributed by atoms with Crippen molar-refractivity contribution in [3.63, 3.8) is 0 Å². The maximum Gasteiger partial charge on any atom is 0.137 e. The van der Waals surface area contributed by atoms with Gasteiger partial charge < -0.3 is 15.3 Å². The zero-order chi connectivity index (χ0) is 16.3. The highest BCUT2D eigenvalue weighted by Gasteiger charge is 2.32. The number of rotatable bonds is 6. The van der Waals surface area contributed by atoms with Crippen LogP contribution in [0, 0.1) is 5.92 Å². The molecule has 0 spiro atoms. The molecule has 0 aliphatic heterocycles. The van der Waals surface area contributed by atoms with Crippen molar-refractivity contribution in [1.29, 1.82) is 0 Å². The molecule has 0 fully saturated rings. The van der Waals surface area contributed by atoms with Gasteiger partial charge in [0.2, 0.25) is 0 Å². The molecule has 1 aromatic carbocycles. The average molecular weight is 326 g/mol. The molecule has 2 aromatic rings. The minimum atomic E-state index is -1.04. The molecule has 0 saturated heterocycles. The maximum atomic E-state index is 10.9. The van der Waals surface area contributed by atoms with Crippen LogP contribution in [0.15, 0.2) is 24.8 Å². The van der Waals surface area contributed by atoms with Crippen LogP contribution in [0.25, 0.3) is 0 Å². The highest BCUT2D eigenvalue weighted by Crippen LogP contribution is 2.34. The van der Waals surface area contributed by atoms with Crippen LogP contribution in [-0.2, 0) is 13.0 Å². The molecular weight excluding hydrogens is 306 g/mol. The first-order valence-corrected chi connectivity index (χ1v) is 7.45. The van der Waals surface area contributed by atoms with E-state index in [1.54, 1.807) is 11.0 Å². The Morgan fingerprint density at radius 2 is 1.91 bits per heavy atom. The third kappa shape index (κ3) is 3.69. The lowest BCUT2D eigenvalue weighted by molar-refractivity contribution is -0.0310. The van der Waals surface area contributed by atoms with Crippen molar-refractivity contribution in [1.82, 2.24) is 14.8 Å². The van der Waals surface area contributed by atoms with Gasteiger partial charge in [-0.15, -0.1) is 0 Å². The number of aliphatic hydroxyl groups is 1. The summed E-state index contributed by atoms with van der Waals surface area (Å²) in [6, 6.07) is 2.75. The number of nitrogens with zero attached hydrogens (tertiary/aromatic N) is 3. The summed E-state index contributed by atoms with van der Waals surface area (Å²) >= 11 is 5.77. The fourth-order valence-electron chi connectivity index (χ4n) is 2.35. The van der Waals surface area contributed by atoms with E-state index in [2.05, 4.69) is 10.1 Å². The van der Waals surface area contributed by atoms with Crippen molar-refractivity contribution in [2.75, 3.05) is 0 Å². The summed E-state index contributed by atoms with van der Waals surface area (Å²) in [7, 11) is 0. The number of phenolic OH excluding ortho intramolecular Hbond substituents is 2. The summed E-state index contributed by atoms with van der Waals surface area (Å²) in [5.74, 6) is -0.179. The van der Waals surface area contributed by atoms with E-state index in [4.69, 9.17) is 11.6 Å². The third-order valence-electron chi connectivity index (χ3n) is 3.95. The molecule has 0 amide bonds. The van der Waals surface area contributed by atoms with Crippen molar-refractivity contribution in [3.8, 4) is 11.5 Å². The average Bonchev–Trinajstić information content (AvgIpc) is 2.89. The fraction of sp³-hybridized carbons (Fsp3) is 0.467. The van der Waals surface area contributed by atoms with E-state index < -0.39 is 5.60 Å². The molecule has 1 heterocycles. The van der Waals surface area contributed by atoms with Gasteiger partial charge in [-0.3, -0.25) is 4.68 Å². The van der Waals surface area contributed by atoms with Crippen molar-refractivity contribution in [2.45, 2.75) is 38.8 Å². The standard InChI is InChI=1S/C15H20ClN3O3/c1-10(2)15(22,7-19-9-17-8-18-19)4-3-12-13(20)5-11(16)6-14(12)21/h5-6,8-10,20-22H,3-4,7H2,1-2H3/t15-/m0/s1. The lowest BCUT2D eigenvalue weighted by Gasteiger charge is -2.32. The molecule has 2 rings (SSSR count). The van der Waals surface area contributed by atoms with Gasteiger partial charge in [0.05, 0.1) is 12.1 Å². The summed E-state index contributed by atoms with van der Waals surface area (Å²) in [5.41, 5.74) is -0.659. The lowest BCUT2D eigenvalue weighted by Crippen LogP contribution is -2.40. The molecule has 1 aromatic heterocycles. The van der Waals surface area contributed by atoms with Crippen molar-refractivity contribution >= 4 is 11.6 Å². The molecule has 0 aliphatic rings. The van der Waals surface area contributed by atoms with Crippen LogP contribution in [0.1, 0.15) is 25.8 Å². The second-order valence-electron chi connectivity index (χ2n) is 5.77. The molecule has 3 N–H and O–H groups in total. The molecule has 0 bridgehead atoms. The Morgan fingerprint density at radius 1 is 1.27 bits per heavy atom. The fourth-order valence-corrected chi connectivity index (χ4v) is 2.56. The number of hydrogen-bond acceptors (Lipinski definition) is 5. The first-order chi connectivity index (χ1) is 10.3. The maximum absolute atomic E-state index is 10.9. The SMILES string of the molecule is CC(C)[C@](O)(CCc1c(O)cc(Cl)cc1O)Cn1cncn1. The van der Waals surface area contributed by atoms with E-state index in [1.807, 2.05) is 13.8 Å². The Morgan fingerprint density at radius 3 is 2.41 bits per heavy atom. The summed E-state index contributed by atoms with van der Waals surface area (Å²) < 4.78 is 1.57. The number of aromatic nitrogens is 3. The molecule has 0 saturated carbocycles. The van der Waals surface area contributed by atoms with Gasteiger partial charge in [-0.25, -0.2) is 4.98 Å². The predicted octanol–water partition coefficient (Wildman–Crippen LogP) is 2.36. The topological polar surface area (TPSA) is 91.4 Å². The Hall–Kier alpha value is -1.79. The quantitative estimate of drug-likeness (QED) is 0.758. The Balaban J connectivity index is 2.16. The van der Waals surface area contributed by atoms with Gasteiger partial charge in [0.15, 0.2) is 0 Å². The zero-order valence-corrected chi connectivity index (χ0v) is 13.3. The Bertz CT molecular complexity index is 608. The number of phenols is 2. The van der Waals surface area contributed by atoms with Crippen molar-refractivity contribution < 1.29 is 15.3 Å². The van der Waals surface area contributed by atoms with E-state index in [9.17, 15) is 15.3 Å². The van der Waals surface area contributed by atoms with Crippen LogP contribution in [0.3, 0.4) is 0 Å². The second-order valence-corrected chi connectivity index (χ2v) is 6.21. The largest absolute Gasteiger partial charge is 0.507 e. The highest BCUT2D eigenvalue weighted by molar-refractivity contribution is 6.30. The Kier molecular flexibility index (Phi) is 4.93. The van der Waals surface area contributed by atoms with Crippen LogP contribution in [0.2, 0.25) is 5.02 Å².